The molecule has 0 aliphatic rings. The molecule has 0 heterocycles. The molecule has 1 unspecified atom stereocenters. The number of ether oxygens (including phenoxy) is 1. The van der Waals surface area contributed by atoms with Crippen LogP contribution >= 0.6 is 35.0 Å². The Morgan fingerprint density at radius 1 is 0.927 bits per heavy atom. The molecule has 1 N–H and O–H groups in total. The highest BCUT2D eigenvalue weighted by molar-refractivity contribution is 7.99. The largest absolute Gasteiger partial charge is 0.492 e. The zero-order valence-electron chi connectivity index (χ0n) is 22.5. The first-order chi connectivity index (χ1) is 19.3. The topological polar surface area (TPSA) is 66.8 Å². The van der Waals surface area contributed by atoms with Gasteiger partial charge in [-0.2, -0.15) is 24.9 Å². The van der Waals surface area contributed by atoms with E-state index in [9.17, 15) is 22.8 Å². The molecular weight excluding hydrogens is 598 g/mol. The van der Waals surface area contributed by atoms with Gasteiger partial charge in [-0.1, -0.05) is 59.6 Å². The van der Waals surface area contributed by atoms with E-state index >= 15 is 0 Å². The second-order valence-corrected chi connectivity index (χ2v) is 11.7. The van der Waals surface area contributed by atoms with Gasteiger partial charge in [0, 0.05) is 34.0 Å². The van der Waals surface area contributed by atoms with Gasteiger partial charge in [0.05, 0.1) is 12.0 Å². The number of rotatable bonds is 14. The van der Waals surface area contributed by atoms with Gasteiger partial charge in [0.1, 0.15) is 12.4 Å². The van der Waals surface area contributed by atoms with Gasteiger partial charge in [0.2, 0.25) is 5.78 Å². The highest BCUT2D eigenvalue weighted by Crippen LogP contribution is 2.37. The number of carbonyl (C=O) groups excluding carboxylic acids is 1. The molecule has 0 aliphatic carbocycles. The number of aliphatic carboxylic acids is 1. The average molecular weight is 629 g/mol. The number of halogens is 5. The molecule has 0 aliphatic heterocycles. The third-order valence-corrected chi connectivity index (χ3v) is 8.63. The van der Waals surface area contributed by atoms with E-state index in [1.165, 1.54) is 0 Å². The summed E-state index contributed by atoms with van der Waals surface area (Å²) in [6.07, 6.45) is -5.94. The lowest BCUT2D eigenvalue weighted by molar-refractivity contribution is -0.171. The number of carboxylic acid groups (broad SMARTS) is 1. The minimum absolute atomic E-state index is 0.0791. The van der Waals surface area contributed by atoms with E-state index in [1.807, 2.05) is 55.6 Å². The maximum Gasteiger partial charge on any atom is 0.450 e. The smallest absolute Gasteiger partial charge is 0.450 e. The summed E-state index contributed by atoms with van der Waals surface area (Å²) in [6, 6.07) is 21.7. The van der Waals surface area contributed by atoms with Crippen molar-refractivity contribution >= 4 is 46.7 Å². The fourth-order valence-corrected chi connectivity index (χ4v) is 5.75. The molecule has 0 bridgehead atoms. The summed E-state index contributed by atoms with van der Waals surface area (Å²) < 4.78 is 44.6. The Labute approximate surface area is 251 Å². The number of benzene rings is 3. The normalized spacial score (nSPS) is 12.8. The van der Waals surface area contributed by atoms with Gasteiger partial charge in [0.25, 0.3) is 0 Å². The first-order valence-corrected chi connectivity index (χ1v) is 14.5. The number of alkyl halides is 3. The molecular formula is C30H30Cl2F3NO4S. The van der Waals surface area contributed by atoms with Crippen LogP contribution in [0.1, 0.15) is 41.7 Å². The van der Waals surface area contributed by atoms with E-state index in [1.54, 1.807) is 24.3 Å². The van der Waals surface area contributed by atoms with Crippen LogP contribution in [0.5, 0.6) is 5.75 Å². The molecule has 0 fully saturated rings. The predicted molar refractivity (Wildman–Crippen MR) is 157 cm³/mol. The molecule has 1 atom stereocenters. The molecule has 3 aromatic carbocycles. The summed E-state index contributed by atoms with van der Waals surface area (Å²) in [5, 5.41) is 9.31. The van der Waals surface area contributed by atoms with Crippen molar-refractivity contribution in [2.24, 2.45) is 0 Å². The van der Waals surface area contributed by atoms with Gasteiger partial charge >= 0.3 is 12.1 Å². The molecule has 0 saturated carbocycles. The summed E-state index contributed by atoms with van der Waals surface area (Å²) in [5.74, 6) is -2.32. The molecule has 5 nitrogen and oxygen atoms in total. The first kappa shape index (κ1) is 32.8. The van der Waals surface area contributed by atoms with Crippen LogP contribution in [-0.4, -0.2) is 53.9 Å². The van der Waals surface area contributed by atoms with Crippen molar-refractivity contribution in [1.29, 1.82) is 0 Å². The number of hydrogen-bond donors (Lipinski definition) is 1. The number of likely N-dealkylation sites (N-methyl/N-ethyl adjacent to an activating group) is 1. The number of ketones is 1. The SMILES string of the molecule is CN(CCOc1ccc(C(CC(=O)C(F)(F)F)SCCC(=O)O)cc1)C(C)(c1ccc(Cl)cc1)c1ccc(Cl)cc1. The molecule has 0 spiro atoms. The highest BCUT2D eigenvalue weighted by Gasteiger charge is 2.39. The molecule has 3 aromatic rings. The highest BCUT2D eigenvalue weighted by atomic mass is 35.5. The summed E-state index contributed by atoms with van der Waals surface area (Å²) in [7, 11) is 1.98. The molecule has 0 saturated heterocycles. The van der Waals surface area contributed by atoms with Crippen molar-refractivity contribution in [2.75, 3.05) is 26.0 Å². The van der Waals surface area contributed by atoms with Gasteiger partial charge in [-0.05, 0) is 67.1 Å². The van der Waals surface area contributed by atoms with Crippen molar-refractivity contribution in [1.82, 2.24) is 4.90 Å². The summed E-state index contributed by atoms with van der Waals surface area (Å²) in [5.41, 5.74) is 2.00. The Balaban J connectivity index is 1.70. The van der Waals surface area contributed by atoms with Crippen molar-refractivity contribution in [3.05, 3.63) is 99.5 Å². The quantitative estimate of drug-likeness (QED) is 0.195. The van der Waals surface area contributed by atoms with Crippen LogP contribution in [-0.2, 0) is 15.1 Å². The van der Waals surface area contributed by atoms with Crippen LogP contribution in [0, 0.1) is 0 Å². The van der Waals surface area contributed by atoms with E-state index in [4.69, 9.17) is 33.0 Å². The van der Waals surface area contributed by atoms with Crippen molar-refractivity contribution in [3.63, 3.8) is 0 Å². The predicted octanol–water partition coefficient (Wildman–Crippen LogP) is 8.04. The van der Waals surface area contributed by atoms with Gasteiger partial charge < -0.3 is 9.84 Å². The Kier molecular flexibility index (Phi) is 11.6. The Morgan fingerprint density at radius 3 is 1.90 bits per heavy atom. The molecule has 41 heavy (non-hydrogen) atoms. The maximum absolute atomic E-state index is 12.9. The zero-order valence-corrected chi connectivity index (χ0v) is 24.8. The third-order valence-electron chi connectivity index (χ3n) is 6.85. The number of Topliss-reactive ketones (excluding diaryl/α,β-unsaturated/α-hetero) is 1. The minimum Gasteiger partial charge on any atom is -0.492 e. The van der Waals surface area contributed by atoms with Crippen molar-refractivity contribution in [2.45, 2.75) is 36.7 Å². The number of nitrogens with zero attached hydrogens (tertiary/aromatic N) is 1. The maximum atomic E-state index is 12.9. The van der Waals surface area contributed by atoms with E-state index in [0.717, 1.165) is 22.9 Å². The summed E-state index contributed by atoms with van der Waals surface area (Å²) >= 11 is 13.3. The van der Waals surface area contributed by atoms with Gasteiger partial charge in [-0.25, -0.2) is 0 Å². The molecule has 11 heteroatoms. The molecule has 3 rings (SSSR count). The molecule has 0 aromatic heterocycles. The Hall–Kier alpha value is -2.72. The van der Waals surface area contributed by atoms with Crippen LogP contribution in [0.2, 0.25) is 10.0 Å². The number of hydrogen-bond acceptors (Lipinski definition) is 5. The Bertz CT molecular complexity index is 1260. The monoisotopic (exact) mass is 627 g/mol. The lowest BCUT2D eigenvalue weighted by Gasteiger charge is -2.40. The summed E-state index contributed by atoms with van der Waals surface area (Å²) in [4.78, 5) is 24.6. The second kappa shape index (κ2) is 14.4. The number of carbonyl (C=O) groups is 2. The molecule has 220 valence electrons. The fraction of sp³-hybridized carbons (Fsp3) is 0.333. The average Bonchev–Trinajstić information content (AvgIpc) is 2.92. The first-order valence-electron chi connectivity index (χ1n) is 12.7. The summed E-state index contributed by atoms with van der Waals surface area (Å²) in [6.45, 7) is 2.94. The van der Waals surface area contributed by atoms with Crippen LogP contribution < -0.4 is 4.74 Å². The van der Waals surface area contributed by atoms with Crippen LogP contribution in [0.3, 0.4) is 0 Å². The van der Waals surface area contributed by atoms with Crippen molar-refractivity contribution < 1.29 is 32.6 Å². The molecule has 0 radical (unpaired) electrons. The third kappa shape index (κ3) is 9.13. The fourth-order valence-electron chi connectivity index (χ4n) is 4.30. The van der Waals surface area contributed by atoms with Crippen LogP contribution in [0.15, 0.2) is 72.8 Å². The van der Waals surface area contributed by atoms with E-state index in [0.29, 0.717) is 34.5 Å². The molecule has 0 amide bonds. The van der Waals surface area contributed by atoms with E-state index < -0.39 is 35.1 Å². The van der Waals surface area contributed by atoms with Gasteiger partial charge in [-0.3, -0.25) is 14.5 Å². The second-order valence-electron chi connectivity index (χ2n) is 9.55. The van der Waals surface area contributed by atoms with Gasteiger partial charge in [0.15, 0.2) is 0 Å². The van der Waals surface area contributed by atoms with Crippen LogP contribution in [0.25, 0.3) is 0 Å². The standard InChI is InChI=1S/C30H30Cl2F3NO4S/c1-29(21-5-9-23(31)10-6-21,22-7-11-24(32)12-8-22)36(2)16-17-40-25-13-3-20(4-14-25)26(41-18-15-28(38)39)19-27(37)30(33,34)35/h3-14,26H,15-19H2,1-2H3,(H,38,39). The van der Waals surface area contributed by atoms with E-state index in [2.05, 4.69) is 11.8 Å². The van der Waals surface area contributed by atoms with E-state index in [-0.39, 0.29) is 12.2 Å². The Morgan fingerprint density at radius 2 is 1.44 bits per heavy atom. The lowest BCUT2D eigenvalue weighted by atomic mass is 9.83. The van der Waals surface area contributed by atoms with Crippen LogP contribution in [0.4, 0.5) is 13.2 Å². The number of thioether (sulfide) groups is 1. The zero-order chi connectivity index (χ0) is 30.2. The van der Waals surface area contributed by atoms with Crippen molar-refractivity contribution in [3.8, 4) is 5.75 Å². The minimum atomic E-state index is -4.95. The number of carboxylic acids is 1. The lowest BCUT2D eigenvalue weighted by Crippen LogP contribution is -2.44. The van der Waals surface area contributed by atoms with Gasteiger partial charge in [-0.15, -0.1) is 0 Å².